The molecule has 0 radical (unpaired) electrons. The summed E-state index contributed by atoms with van der Waals surface area (Å²) in [6.07, 6.45) is 3.69. The van der Waals surface area contributed by atoms with Gasteiger partial charge in [0.1, 0.15) is 5.75 Å². The van der Waals surface area contributed by atoms with Crippen LogP contribution in [0, 0.1) is 6.92 Å². The molecule has 154 valence electrons. The van der Waals surface area contributed by atoms with Gasteiger partial charge in [0.2, 0.25) is 0 Å². The van der Waals surface area contributed by atoms with Crippen LogP contribution in [-0.2, 0) is 0 Å². The standard InChI is InChI=1S/C19H22N6O2S.ClH/c1-12-17(13-3-5-15(27-2)6-4-13)21-19(28-12)22-18(26)16-11-25(24-23-16)14-7-9-20-10-8-14;/h3-6,11,14,20H,7-10H2,1-2H3,(H,21,22,26);1H. The van der Waals surface area contributed by atoms with Crippen molar-refractivity contribution in [2.45, 2.75) is 25.8 Å². The number of carbonyl (C=O) groups excluding carboxylic acids is 1. The summed E-state index contributed by atoms with van der Waals surface area (Å²) < 4.78 is 6.99. The maximum absolute atomic E-state index is 12.6. The van der Waals surface area contributed by atoms with Crippen LogP contribution in [0.1, 0.15) is 34.2 Å². The topological polar surface area (TPSA) is 94.0 Å². The molecular formula is C19H23ClN6O2S. The van der Waals surface area contributed by atoms with Gasteiger partial charge in [-0.3, -0.25) is 10.1 Å². The van der Waals surface area contributed by atoms with E-state index in [-0.39, 0.29) is 18.3 Å². The Morgan fingerprint density at radius 2 is 2.00 bits per heavy atom. The Morgan fingerprint density at radius 1 is 1.28 bits per heavy atom. The molecule has 3 aromatic rings. The minimum Gasteiger partial charge on any atom is -0.497 e. The molecule has 0 bridgehead atoms. The maximum Gasteiger partial charge on any atom is 0.279 e. The number of hydrogen-bond acceptors (Lipinski definition) is 7. The Hall–Kier alpha value is -2.49. The van der Waals surface area contributed by atoms with Crippen LogP contribution in [0.4, 0.5) is 5.13 Å². The van der Waals surface area contributed by atoms with E-state index in [9.17, 15) is 4.79 Å². The van der Waals surface area contributed by atoms with Crippen molar-refractivity contribution in [3.63, 3.8) is 0 Å². The molecule has 1 fully saturated rings. The fourth-order valence-electron chi connectivity index (χ4n) is 3.26. The second-order valence-electron chi connectivity index (χ2n) is 6.67. The lowest BCUT2D eigenvalue weighted by Gasteiger charge is -2.21. The highest BCUT2D eigenvalue weighted by Crippen LogP contribution is 2.31. The first kappa shape index (κ1) is 21.2. The van der Waals surface area contributed by atoms with Gasteiger partial charge in [0, 0.05) is 10.4 Å². The van der Waals surface area contributed by atoms with E-state index in [1.807, 2.05) is 31.2 Å². The van der Waals surface area contributed by atoms with Crippen LogP contribution in [-0.4, -0.2) is 46.1 Å². The highest BCUT2D eigenvalue weighted by Gasteiger charge is 2.20. The molecule has 0 saturated carbocycles. The van der Waals surface area contributed by atoms with Gasteiger partial charge in [0.15, 0.2) is 10.8 Å². The molecule has 1 amide bonds. The van der Waals surface area contributed by atoms with E-state index in [0.717, 1.165) is 47.8 Å². The van der Waals surface area contributed by atoms with Crippen molar-refractivity contribution in [1.29, 1.82) is 0 Å². The number of thiazole rings is 1. The van der Waals surface area contributed by atoms with Gasteiger partial charge >= 0.3 is 0 Å². The Kier molecular flexibility index (Phi) is 6.83. The zero-order chi connectivity index (χ0) is 19.5. The number of rotatable bonds is 5. The van der Waals surface area contributed by atoms with E-state index in [2.05, 4.69) is 25.9 Å². The van der Waals surface area contributed by atoms with Gasteiger partial charge in [0.25, 0.3) is 5.91 Å². The highest BCUT2D eigenvalue weighted by molar-refractivity contribution is 7.16. The number of nitrogens with one attached hydrogen (secondary N) is 2. The summed E-state index contributed by atoms with van der Waals surface area (Å²) >= 11 is 1.44. The summed E-state index contributed by atoms with van der Waals surface area (Å²) in [7, 11) is 1.64. The van der Waals surface area contributed by atoms with Gasteiger partial charge in [-0.05, 0) is 57.1 Å². The van der Waals surface area contributed by atoms with Crippen LogP contribution >= 0.6 is 23.7 Å². The molecule has 1 saturated heterocycles. The van der Waals surface area contributed by atoms with Gasteiger partial charge in [0.05, 0.1) is 25.0 Å². The second-order valence-corrected chi connectivity index (χ2v) is 7.87. The Bertz CT molecular complexity index is 965. The highest BCUT2D eigenvalue weighted by atomic mass is 35.5. The van der Waals surface area contributed by atoms with Crippen LogP contribution in [0.2, 0.25) is 0 Å². The third-order valence-electron chi connectivity index (χ3n) is 4.81. The second kappa shape index (κ2) is 9.34. The summed E-state index contributed by atoms with van der Waals surface area (Å²) in [6, 6.07) is 7.99. The number of piperidine rings is 1. The molecule has 4 rings (SSSR count). The molecule has 0 atom stereocenters. The van der Waals surface area contributed by atoms with Crippen molar-refractivity contribution in [2.75, 3.05) is 25.5 Å². The Labute approximate surface area is 179 Å². The SMILES string of the molecule is COc1ccc(-c2nc(NC(=O)c3cn(C4CCNCC4)nn3)sc2C)cc1.Cl. The zero-order valence-electron chi connectivity index (χ0n) is 16.2. The number of carbonyl (C=O) groups is 1. The van der Waals surface area contributed by atoms with Crippen molar-refractivity contribution in [3.05, 3.63) is 41.0 Å². The molecule has 0 unspecified atom stereocenters. The molecule has 2 N–H and O–H groups in total. The lowest BCUT2D eigenvalue weighted by molar-refractivity contribution is 0.102. The maximum atomic E-state index is 12.6. The predicted octanol–water partition coefficient (Wildman–Crippen LogP) is 3.32. The number of anilines is 1. The Balaban J connectivity index is 0.00000240. The van der Waals surface area contributed by atoms with Gasteiger partial charge in [-0.1, -0.05) is 5.21 Å². The molecule has 0 spiro atoms. The largest absolute Gasteiger partial charge is 0.497 e. The minimum atomic E-state index is -0.296. The van der Waals surface area contributed by atoms with Gasteiger partial charge in [-0.2, -0.15) is 0 Å². The van der Waals surface area contributed by atoms with Crippen LogP contribution in [0.25, 0.3) is 11.3 Å². The summed E-state index contributed by atoms with van der Waals surface area (Å²) in [5, 5.41) is 14.9. The summed E-state index contributed by atoms with van der Waals surface area (Å²) in [5.41, 5.74) is 2.13. The summed E-state index contributed by atoms with van der Waals surface area (Å²) in [4.78, 5) is 18.2. The minimum absolute atomic E-state index is 0. The van der Waals surface area contributed by atoms with Crippen LogP contribution in [0.5, 0.6) is 5.75 Å². The first-order chi connectivity index (χ1) is 13.6. The van der Waals surface area contributed by atoms with Crippen molar-refractivity contribution >= 4 is 34.8 Å². The number of halogens is 1. The lowest BCUT2D eigenvalue weighted by Crippen LogP contribution is -2.29. The number of nitrogens with zero attached hydrogens (tertiary/aromatic N) is 4. The first-order valence-corrected chi connectivity index (χ1v) is 10.0. The fraction of sp³-hybridized carbons (Fsp3) is 0.368. The number of benzene rings is 1. The van der Waals surface area contributed by atoms with E-state index >= 15 is 0 Å². The monoisotopic (exact) mass is 434 g/mol. The van der Waals surface area contributed by atoms with E-state index in [1.54, 1.807) is 18.0 Å². The molecule has 1 aliphatic heterocycles. The Morgan fingerprint density at radius 3 is 2.69 bits per heavy atom. The molecule has 3 heterocycles. The fourth-order valence-corrected chi connectivity index (χ4v) is 4.09. The third kappa shape index (κ3) is 4.75. The number of aryl methyl sites for hydroxylation is 1. The van der Waals surface area contributed by atoms with Crippen molar-refractivity contribution < 1.29 is 9.53 Å². The molecular weight excluding hydrogens is 412 g/mol. The number of amides is 1. The summed E-state index contributed by atoms with van der Waals surface area (Å²) in [5.74, 6) is 0.497. The lowest BCUT2D eigenvalue weighted by atomic mass is 10.1. The van der Waals surface area contributed by atoms with Crippen LogP contribution in [0.15, 0.2) is 30.5 Å². The number of aromatic nitrogens is 4. The third-order valence-corrected chi connectivity index (χ3v) is 5.69. The summed E-state index contributed by atoms with van der Waals surface area (Å²) in [6.45, 7) is 3.90. The van der Waals surface area contributed by atoms with Gasteiger partial charge < -0.3 is 10.1 Å². The molecule has 0 aliphatic carbocycles. The van der Waals surface area contributed by atoms with Crippen LogP contribution in [0.3, 0.4) is 0 Å². The first-order valence-electron chi connectivity index (χ1n) is 9.20. The normalized spacial score (nSPS) is 14.3. The van der Waals surface area contributed by atoms with Crippen LogP contribution < -0.4 is 15.4 Å². The smallest absolute Gasteiger partial charge is 0.279 e. The average molecular weight is 435 g/mol. The van der Waals surface area contributed by atoms with Crippen molar-refractivity contribution in [2.24, 2.45) is 0 Å². The number of hydrogen-bond donors (Lipinski definition) is 2. The predicted molar refractivity (Wildman–Crippen MR) is 115 cm³/mol. The molecule has 8 nitrogen and oxygen atoms in total. The van der Waals surface area contributed by atoms with Gasteiger partial charge in [-0.25, -0.2) is 9.67 Å². The molecule has 10 heteroatoms. The van der Waals surface area contributed by atoms with Gasteiger partial charge in [-0.15, -0.1) is 28.8 Å². The average Bonchev–Trinajstić information content (AvgIpc) is 3.36. The van der Waals surface area contributed by atoms with E-state index in [4.69, 9.17) is 4.74 Å². The molecule has 1 aliphatic rings. The van der Waals surface area contributed by atoms with Crippen molar-refractivity contribution in [3.8, 4) is 17.0 Å². The molecule has 1 aromatic carbocycles. The number of ether oxygens (including phenoxy) is 1. The van der Waals surface area contributed by atoms with E-state index < -0.39 is 0 Å². The van der Waals surface area contributed by atoms with E-state index in [1.165, 1.54) is 11.3 Å². The molecule has 29 heavy (non-hydrogen) atoms. The zero-order valence-corrected chi connectivity index (χ0v) is 17.8. The quantitative estimate of drug-likeness (QED) is 0.639. The van der Waals surface area contributed by atoms with Crippen molar-refractivity contribution in [1.82, 2.24) is 25.3 Å². The molecule has 2 aromatic heterocycles. The van der Waals surface area contributed by atoms with E-state index in [0.29, 0.717) is 16.9 Å². The number of methoxy groups -OCH3 is 1.